The maximum absolute atomic E-state index is 12.0. The molecule has 0 radical (unpaired) electrons. The van der Waals surface area contributed by atoms with Crippen LogP contribution in [0.2, 0.25) is 0 Å². The molecule has 1 atom stereocenters. The SMILES string of the molecule is CC(Br)C(=O)N1CCCOc2ccccc21. The van der Waals surface area contributed by atoms with Gasteiger partial charge < -0.3 is 9.64 Å². The molecule has 0 spiro atoms. The minimum Gasteiger partial charge on any atom is -0.491 e. The van der Waals surface area contributed by atoms with E-state index >= 15 is 0 Å². The summed E-state index contributed by atoms with van der Waals surface area (Å²) in [5.74, 6) is 0.874. The number of carbonyl (C=O) groups excluding carboxylic acids is 1. The molecule has 0 saturated carbocycles. The Labute approximate surface area is 104 Å². The molecule has 1 aromatic carbocycles. The molecule has 1 aromatic rings. The molecule has 4 heteroatoms. The van der Waals surface area contributed by atoms with Gasteiger partial charge in [0.2, 0.25) is 5.91 Å². The van der Waals surface area contributed by atoms with Crippen molar-refractivity contribution in [1.82, 2.24) is 0 Å². The fourth-order valence-electron chi connectivity index (χ4n) is 1.77. The highest BCUT2D eigenvalue weighted by Gasteiger charge is 2.24. The van der Waals surface area contributed by atoms with E-state index in [0.717, 1.165) is 17.9 Å². The quantitative estimate of drug-likeness (QED) is 0.742. The molecule has 1 aliphatic rings. The second-order valence-corrected chi connectivity index (χ2v) is 5.15. The van der Waals surface area contributed by atoms with E-state index in [4.69, 9.17) is 4.74 Å². The molecule has 1 heterocycles. The maximum atomic E-state index is 12.0. The van der Waals surface area contributed by atoms with E-state index in [9.17, 15) is 4.79 Å². The minimum atomic E-state index is -0.168. The molecular formula is C12H14BrNO2. The van der Waals surface area contributed by atoms with Gasteiger partial charge in [-0.1, -0.05) is 28.1 Å². The lowest BCUT2D eigenvalue weighted by atomic mass is 10.2. The van der Waals surface area contributed by atoms with Crippen molar-refractivity contribution in [1.29, 1.82) is 0 Å². The fraction of sp³-hybridized carbons (Fsp3) is 0.417. The molecule has 2 rings (SSSR count). The van der Waals surface area contributed by atoms with Gasteiger partial charge in [0.1, 0.15) is 5.75 Å². The van der Waals surface area contributed by atoms with Crippen molar-refractivity contribution in [2.45, 2.75) is 18.2 Å². The monoisotopic (exact) mass is 283 g/mol. The third-order valence-corrected chi connectivity index (χ3v) is 2.94. The zero-order valence-electron chi connectivity index (χ0n) is 9.15. The average molecular weight is 284 g/mol. The lowest BCUT2D eigenvalue weighted by Gasteiger charge is -2.22. The van der Waals surface area contributed by atoms with Crippen molar-refractivity contribution in [2.75, 3.05) is 18.1 Å². The molecule has 0 aromatic heterocycles. The molecule has 86 valence electrons. The van der Waals surface area contributed by atoms with Crippen LogP contribution in [-0.4, -0.2) is 23.9 Å². The molecule has 0 fully saturated rings. The van der Waals surface area contributed by atoms with Crippen molar-refractivity contribution < 1.29 is 9.53 Å². The summed E-state index contributed by atoms with van der Waals surface area (Å²) in [5, 5.41) is 0. The Bertz CT molecular complexity index is 392. The first kappa shape index (κ1) is 11.5. The Morgan fingerprint density at radius 1 is 1.50 bits per heavy atom. The van der Waals surface area contributed by atoms with Gasteiger partial charge >= 0.3 is 0 Å². The first-order valence-electron chi connectivity index (χ1n) is 5.37. The number of para-hydroxylation sites is 2. The number of ether oxygens (including phenoxy) is 1. The maximum Gasteiger partial charge on any atom is 0.240 e. The predicted octanol–water partition coefficient (Wildman–Crippen LogP) is 2.59. The normalized spacial score (nSPS) is 17.0. The van der Waals surface area contributed by atoms with Gasteiger partial charge in [0.25, 0.3) is 0 Å². The van der Waals surface area contributed by atoms with E-state index in [0.29, 0.717) is 13.2 Å². The van der Waals surface area contributed by atoms with Crippen LogP contribution in [0.1, 0.15) is 13.3 Å². The summed E-state index contributed by atoms with van der Waals surface area (Å²) in [7, 11) is 0. The van der Waals surface area contributed by atoms with E-state index in [2.05, 4.69) is 15.9 Å². The van der Waals surface area contributed by atoms with Gasteiger partial charge in [-0.3, -0.25) is 4.79 Å². The molecule has 0 saturated heterocycles. The molecule has 0 aliphatic carbocycles. The van der Waals surface area contributed by atoms with Crippen LogP contribution in [0.4, 0.5) is 5.69 Å². The second-order valence-electron chi connectivity index (χ2n) is 3.78. The smallest absolute Gasteiger partial charge is 0.240 e. The number of rotatable bonds is 1. The number of amides is 1. The highest BCUT2D eigenvalue weighted by Crippen LogP contribution is 2.31. The van der Waals surface area contributed by atoms with E-state index < -0.39 is 0 Å². The van der Waals surface area contributed by atoms with Crippen molar-refractivity contribution in [3.63, 3.8) is 0 Å². The number of anilines is 1. The molecule has 0 bridgehead atoms. The van der Waals surface area contributed by atoms with Crippen molar-refractivity contribution in [2.24, 2.45) is 0 Å². The first-order chi connectivity index (χ1) is 7.70. The van der Waals surface area contributed by atoms with E-state index in [1.54, 1.807) is 4.90 Å². The van der Waals surface area contributed by atoms with E-state index in [-0.39, 0.29) is 10.7 Å². The summed E-state index contributed by atoms with van der Waals surface area (Å²) in [6.45, 7) is 3.22. The molecule has 0 N–H and O–H groups in total. The summed E-state index contributed by atoms with van der Waals surface area (Å²) < 4.78 is 5.60. The molecule has 1 unspecified atom stereocenters. The van der Waals surface area contributed by atoms with Gasteiger partial charge in [-0.05, 0) is 25.5 Å². The van der Waals surface area contributed by atoms with Crippen LogP contribution in [0.5, 0.6) is 5.75 Å². The molecule has 3 nitrogen and oxygen atoms in total. The van der Waals surface area contributed by atoms with Gasteiger partial charge in [0.05, 0.1) is 17.1 Å². The molecule has 1 aliphatic heterocycles. The van der Waals surface area contributed by atoms with Crippen molar-refractivity contribution in [3.05, 3.63) is 24.3 Å². The third kappa shape index (κ3) is 2.21. The van der Waals surface area contributed by atoms with Crippen LogP contribution >= 0.6 is 15.9 Å². The first-order valence-corrected chi connectivity index (χ1v) is 6.29. The van der Waals surface area contributed by atoms with Gasteiger partial charge in [-0.25, -0.2) is 0 Å². The van der Waals surface area contributed by atoms with Crippen LogP contribution in [0, 0.1) is 0 Å². The fourth-order valence-corrected chi connectivity index (χ4v) is 2.02. The van der Waals surface area contributed by atoms with Crippen LogP contribution in [0.15, 0.2) is 24.3 Å². The zero-order chi connectivity index (χ0) is 11.5. The Kier molecular flexibility index (Phi) is 3.49. The number of carbonyl (C=O) groups is 1. The summed E-state index contributed by atoms with van der Waals surface area (Å²) in [6, 6.07) is 7.67. The highest BCUT2D eigenvalue weighted by molar-refractivity contribution is 9.10. The number of alkyl halides is 1. The largest absolute Gasteiger partial charge is 0.491 e. The number of fused-ring (bicyclic) bond motifs is 1. The zero-order valence-corrected chi connectivity index (χ0v) is 10.7. The second kappa shape index (κ2) is 4.87. The molecule has 16 heavy (non-hydrogen) atoms. The number of halogens is 1. The van der Waals surface area contributed by atoms with Gasteiger partial charge in [0.15, 0.2) is 0 Å². The highest BCUT2D eigenvalue weighted by atomic mass is 79.9. The van der Waals surface area contributed by atoms with Crippen LogP contribution in [0.25, 0.3) is 0 Å². The minimum absolute atomic E-state index is 0.0814. The average Bonchev–Trinajstić information content (AvgIpc) is 2.50. The summed E-state index contributed by atoms with van der Waals surface area (Å²) in [4.78, 5) is 13.7. The molecular weight excluding hydrogens is 270 g/mol. The Morgan fingerprint density at radius 3 is 3.00 bits per heavy atom. The van der Waals surface area contributed by atoms with E-state index in [1.807, 2.05) is 31.2 Å². The van der Waals surface area contributed by atoms with Crippen molar-refractivity contribution >= 4 is 27.5 Å². The van der Waals surface area contributed by atoms with Crippen LogP contribution in [0.3, 0.4) is 0 Å². The lowest BCUT2D eigenvalue weighted by Crippen LogP contribution is -2.36. The van der Waals surface area contributed by atoms with Crippen LogP contribution < -0.4 is 9.64 Å². The van der Waals surface area contributed by atoms with Gasteiger partial charge in [-0.15, -0.1) is 0 Å². The predicted molar refractivity (Wildman–Crippen MR) is 67.3 cm³/mol. The van der Waals surface area contributed by atoms with Gasteiger partial charge in [-0.2, -0.15) is 0 Å². The summed E-state index contributed by atoms with van der Waals surface area (Å²) in [6.07, 6.45) is 0.861. The number of benzene rings is 1. The van der Waals surface area contributed by atoms with Crippen LogP contribution in [-0.2, 0) is 4.79 Å². The third-order valence-electron chi connectivity index (χ3n) is 2.55. The standard InChI is InChI=1S/C12H14BrNO2/c1-9(13)12(15)14-7-4-8-16-11-6-3-2-5-10(11)14/h2-3,5-6,9H,4,7-8H2,1H3. The number of hydrogen-bond acceptors (Lipinski definition) is 2. The number of nitrogens with zero attached hydrogens (tertiary/aromatic N) is 1. The van der Waals surface area contributed by atoms with Gasteiger partial charge in [0, 0.05) is 6.54 Å². The Morgan fingerprint density at radius 2 is 2.25 bits per heavy atom. The number of hydrogen-bond donors (Lipinski definition) is 0. The topological polar surface area (TPSA) is 29.5 Å². The lowest BCUT2D eigenvalue weighted by molar-refractivity contribution is -0.117. The summed E-state index contributed by atoms with van der Waals surface area (Å²) >= 11 is 3.32. The van der Waals surface area contributed by atoms with E-state index in [1.165, 1.54) is 0 Å². The Hall–Kier alpha value is -1.03. The van der Waals surface area contributed by atoms with Crippen molar-refractivity contribution in [3.8, 4) is 5.75 Å². The Balaban J connectivity index is 2.36. The molecule has 1 amide bonds. The summed E-state index contributed by atoms with van der Waals surface area (Å²) in [5.41, 5.74) is 0.872.